The van der Waals surface area contributed by atoms with E-state index < -0.39 is 13.1 Å². The Kier molecular flexibility index (Phi) is 5.71. The first-order valence-electron chi connectivity index (χ1n) is 8.68. The van der Waals surface area contributed by atoms with Crippen LogP contribution in [0.1, 0.15) is 43.1 Å². The fourth-order valence-electron chi connectivity index (χ4n) is 3.17. The van der Waals surface area contributed by atoms with Crippen molar-refractivity contribution >= 4 is 30.2 Å². The summed E-state index contributed by atoms with van der Waals surface area (Å²) in [4.78, 5) is 12.7. The Balaban J connectivity index is 1.82. The number of carbonyl (C=O) groups excluding carboxylic acids is 1. The number of hydrogen-bond donors (Lipinski definition) is 0. The maximum atomic E-state index is 12.7. The minimum absolute atomic E-state index is 0.0101. The van der Waals surface area contributed by atoms with Crippen molar-refractivity contribution in [2.75, 3.05) is 0 Å². The third kappa shape index (κ3) is 4.67. The first kappa shape index (κ1) is 19.0. The zero-order valence-corrected chi connectivity index (χ0v) is 16.0. The standard InChI is InChI=1S/C20H22BClO4/c1-14-12-20(2,3)26-21(25-14)18-11-16(22)9-10-17(18)19(23)24-13-15-7-5-4-6-8-15/h4-11,14H,12-13H2,1-3H3. The average Bonchev–Trinajstić information content (AvgIpc) is 2.59. The van der Waals surface area contributed by atoms with Gasteiger partial charge in [0, 0.05) is 11.1 Å². The van der Waals surface area contributed by atoms with Crippen molar-refractivity contribution in [1.82, 2.24) is 0 Å². The molecule has 1 fully saturated rings. The van der Waals surface area contributed by atoms with Crippen molar-refractivity contribution in [3.05, 3.63) is 64.7 Å². The number of hydrogen-bond acceptors (Lipinski definition) is 4. The Labute approximate surface area is 159 Å². The smallest absolute Gasteiger partial charge is 0.457 e. The molecule has 4 nitrogen and oxygen atoms in total. The predicted octanol–water partition coefficient (Wildman–Crippen LogP) is 4.00. The first-order chi connectivity index (χ1) is 12.3. The van der Waals surface area contributed by atoms with Gasteiger partial charge in [0.25, 0.3) is 0 Å². The molecule has 1 aliphatic rings. The summed E-state index contributed by atoms with van der Waals surface area (Å²) in [6.45, 7) is 6.22. The normalized spacial score (nSPS) is 19.2. The van der Waals surface area contributed by atoms with Crippen LogP contribution in [0.2, 0.25) is 5.02 Å². The molecule has 0 amide bonds. The van der Waals surface area contributed by atoms with Gasteiger partial charge in [0.15, 0.2) is 0 Å². The van der Waals surface area contributed by atoms with Gasteiger partial charge in [-0.05, 0) is 56.4 Å². The highest BCUT2D eigenvalue weighted by molar-refractivity contribution is 6.63. The van der Waals surface area contributed by atoms with Crippen molar-refractivity contribution in [3.63, 3.8) is 0 Å². The molecule has 1 heterocycles. The molecule has 136 valence electrons. The minimum atomic E-state index is -0.660. The summed E-state index contributed by atoms with van der Waals surface area (Å²) in [7, 11) is -0.660. The van der Waals surface area contributed by atoms with Crippen LogP contribution in [-0.4, -0.2) is 24.8 Å². The number of halogens is 1. The summed E-state index contributed by atoms with van der Waals surface area (Å²) < 4.78 is 17.4. The molecule has 1 unspecified atom stereocenters. The topological polar surface area (TPSA) is 44.8 Å². The second kappa shape index (κ2) is 7.83. The van der Waals surface area contributed by atoms with Crippen LogP contribution in [0.15, 0.2) is 48.5 Å². The average molecular weight is 373 g/mol. The van der Waals surface area contributed by atoms with Crippen LogP contribution < -0.4 is 5.46 Å². The SMILES string of the molecule is CC1CC(C)(C)OB(c2cc(Cl)ccc2C(=O)OCc2ccccc2)O1. The lowest BCUT2D eigenvalue weighted by molar-refractivity contribution is -0.0231. The zero-order valence-electron chi connectivity index (χ0n) is 15.2. The van der Waals surface area contributed by atoms with Crippen LogP contribution >= 0.6 is 11.6 Å². The third-order valence-electron chi connectivity index (χ3n) is 4.26. The van der Waals surface area contributed by atoms with Gasteiger partial charge in [0.05, 0.1) is 11.2 Å². The highest BCUT2D eigenvalue weighted by Gasteiger charge is 2.40. The second-order valence-electron chi connectivity index (χ2n) is 7.15. The molecule has 1 atom stereocenters. The lowest BCUT2D eigenvalue weighted by Crippen LogP contribution is -2.53. The Hall–Kier alpha value is -1.82. The highest BCUT2D eigenvalue weighted by Crippen LogP contribution is 2.26. The van der Waals surface area contributed by atoms with Gasteiger partial charge < -0.3 is 14.0 Å². The van der Waals surface area contributed by atoms with Crippen molar-refractivity contribution < 1.29 is 18.8 Å². The van der Waals surface area contributed by atoms with Crippen molar-refractivity contribution in [3.8, 4) is 0 Å². The molecule has 0 aliphatic carbocycles. The molecular formula is C20H22BClO4. The van der Waals surface area contributed by atoms with Gasteiger partial charge in [-0.2, -0.15) is 0 Å². The fourth-order valence-corrected chi connectivity index (χ4v) is 3.35. The Morgan fingerprint density at radius 1 is 1.27 bits per heavy atom. The number of ether oxygens (including phenoxy) is 1. The molecule has 3 rings (SSSR count). The van der Waals surface area contributed by atoms with E-state index in [-0.39, 0.29) is 18.3 Å². The number of carbonyl (C=O) groups is 1. The highest BCUT2D eigenvalue weighted by atomic mass is 35.5. The second-order valence-corrected chi connectivity index (χ2v) is 7.59. The summed E-state index contributed by atoms with van der Waals surface area (Å²) in [6, 6.07) is 14.6. The molecular weight excluding hydrogens is 350 g/mol. The molecule has 6 heteroatoms. The van der Waals surface area contributed by atoms with Crippen molar-refractivity contribution in [2.45, 2.75) is 45.5 Å². The van der Waals surface area contributed by atoms with Crippen LogP contribution in [0, 0.1) is 0 Å². The maximum Gasteiger partial charge on any atom is 0.495 e. The lowest BCUT2D eigenvalue weighted by atomic mass is 9.72. The summed E-state index contributed by atoms with van der Waals surface area (Å²) in [6.07, 6.45) is 0.786. The predicted molar refractivity (Wildman–Crippen MR) is 103 cm³/mol. The van der Waals surface area contributed by atoms with Gasteiger partial charge in [0.2, 0.25) is 0 Å². The van der Waals surface area contributed by atoms with Crippen LogP contribution in [0.4, 0.5) is 0 Å². The molecule has 2 aromatic carbocycles. The molecule has 0 N–H and O–H groups in total. The van der Waals surface area contributed by atoms with Crippen LogP contribution in [0.25, 0.3) is 0 Å². The van der Waals surface area contributed by atoms with Crippen LogP contribution in [0.5, 0.6) is 0 Å². The molecule has 1 aliphatic heterocycles. The van der Waals surface area contributed by atoms with E-state index in [0.717, 1.165) is 12.0 Å². The quantitative estimate of drug-likeness (QED) is 0.601. The molecule has 26 heavy (non-hydrogen) atoms. The summed E-state index contributed by atoms with van der Waals surface area (Å²) in [5.74, 6) is -0.427. The Morgan fingerprint density at radius 3 is 2.69 bits per heavy atom. The van der Waals surface area contributed by atoms with E-state index in [1.54, 1.807) is 18.2 Å². The van der Waals surface area contributed by atoms with E-state index in [0.29, 0.717) is 16.0 Å². The molecule has 0 spiro atoms. The van der Waals surface area contributed by atoms with Gasteiger partial charge in [-0.25, -0.2) is 4.79 Å². The first-order valence-corrected chi connectivity index (χ1v) is 9.06. The van der Waals surface area contributed by atoms with Crippen LogP contribution in [-0.2, 0) is 20.7 Å². The van der Waals surface area contributed by atoms with Gasteiger partial charge in [0.1, 0.15) is 6.61 Å². The van der Waals surface area contributed by atoms with Gasteiger partial charge in [-0.3, -0.25) is 0 Å². The number of benzene rings is 2. The number of esters is 1. The molecule has 1 saturated heterocycles. The zero-order chi connectivity index (χ0) is 18.7. The van der Waals surface area contributed by atoms with Gasteiger partial charge in [-0.15, -0.1) is 0 Å². The molecule has 0 aromatic heterocycles. The molecule has 0 bridgehead atoms. The Bertz CT molecular complexity index is 779. The molecule has 0 saturated carbocycles. The van der Waals surface area contributed by atoms with E-state index >= 15 is 0 Å². The summed E-state index contributed by atoms with van der Waals surface area (Å²) in [5, 5.41) is 0.517. The monoisotopic (exact) mass is 372 g/mol. The van der Waals surface area contributed by atoms with Crippen LogP contribution in [0.3, 0.4) is 0 Å². The van der Waals surface area contributed by atoms with E-state index in [4.69, 9.17) is 25.6 Å². The number of rotatable bonds is 4. The minimum Gasteiger partial charge on any atom is -0.457 e. The maximum absolute atomic E-state index is 12.7. The Morgan fingerprint density at radius 2 is 2.00 bits per heavy atom. The third-order valence-corrected chi connectivity index (χ3v) is 4.50. The lowest BCUT2D eigenvalue weighted by Gasteiger charge is -2.38. The van der Waals surface area contributed by atoms with E-state index in [1.165, 1.54) is 0 Å². The van der Waals surface area contributed by atoms with Gasteiger partial charge in [-0.1, -0.05) is 41.9 Å². The van der Waals surface area contributed by atoms with Gasteiger partial charge >= 0.3 is 13.1 Å². The molecule has 2 aromatic rings. The van der Waals surface area contributed by atoms with Crippen molar-refractivity contribution in [1.29, 1.82) is 0 Å². The van der Waals surface area contributed by atoms with E-state index in [9.17, 15) is 4.79 Å². The summed E-state index contributed by atoms with van der Waals surface area (Å²) >= 11 is 6.16. The summed E-state index contributed by atoms with van der Waals surface area (Å²) in [5.41, 5.74) is 1.57. The fraction of sp³-hybridized carbons (Fsp3) is 0.350. The van der Waals surface area contributed by atoms with Crippen molar-refractivity contribution in [2.24, 2.45) is 0 Å². The largest absolute Gasteiger partial charge is 0.495 e. The van der Waals surface area contributed by atoms with E-state index in [2.05, 4.69) is 0 Å². The van der Waals surface area contributed by atoms with E-state index in [1.807, 2.05) is 51.1 Å². The molecule has 0 radical (unpaired) electrons.